The highest BCUT2D eigenvalue weighted by Gasteiger charge is 2.39. The van der Waals surface area contributed by atoms with Crippen molar-refractivity contribution in [3.8, 4) is 6.07 Å². The molecule has 2 heterocycles. The molecule has 1 fully saturated rings. The van der Waals surface area contributed by atoms with Crippen LogP contribution in [0.25, 0.3) is 0 Å². The van der Waals surface area contributed by atoms with Crippen LogP contribution in [0.4, 0.5) is 13.6 Å². The maximum absolute atomic E-state index is 14.2. The van der Waals surface area contributed by atoms with Crippen LogP contribution in [-0.2, 0) is 14.9 Å². The number of methoxy groups -OCH3 is 1. The Balaban J connectivity index is 1.39. The van der Waals surface area contributed by atoms with E-state index in [9.17, 15) is 23.6 Å². The number of hydrogen-bond acceptors (Lipinski definition) is 5. The Morgan fingerprint density at radius 3 is 2.50 bits per heavy atom. The van der Waals surface area contributed by atoms with E-state index in [1.165, 1.54) is 18.1 Å². The zero-order valence-electron chi connectivity index (χ0n) is 23.3. The molecule has 4 rings (SSSR count). The topological polar surface area (TPSA) is 85.7 Å². The molecule has 0 spiro atoms. The summed E-state index contributed by atoms with van der Waals surface area (Å²) in [5.41, 5.74) is 1.45. The van der Waals surface area contributed by atoms with Gasteiger partial charge in [0.05, 0.1) is 30.2 Å². The fourth-order valence-corrected chi connectivity index (χ4v) is 5.89. The Labute approximate surface area is 234 Å². The van der Waals surface area contributed by atoms with E-state index in [1.807, 2.05) is 30.3 Å². The van der Waals surface area contributed by atoms with E-state index in [-0.39, 0.29) is 5.57 Å². The van der Waals surface area contributed by atoms with Crippen LogP contribution in [-0.4, -0.2) is 55.1 Å². The number of piperidine rings is 1. The number of carbonyl (C=O) groups excluding carboxylic acids is 2. The average molecular weight is 551 g/mol. The SMILES string of the molecule is COC(=O)C1=C(C)NC(=O)N(CCCC(C)CN2CCC(C#N)(c3ccccc3)CC2)C1c1ccc(F)c(F)c1. The van der Waals surface area contributed by atoms with Crippen LogP contribution < -0.4 is 5.32 Å². The Kier molecular flexibility index (Phi) is 9.21. The van der Waals surface area contributed by atoms with Crippen molar-refractivity contribution in [1.29, 1.82) is 5.26 Å². The summed E-state index contributed by atoms with van der Waals surface area (Å²) >= 11 is 0. The van der Waals surface area contributed by atoms with Crippen LogP contribution in [0.5, 0.6) is 0 Å². The molecular formula is C31H36F2N4O3. The van der Waals surface area contributed by atoms with Crippen LogP contribution >= 0.6 is 0 Å². The Bertz CT molecular complexity index is 1300. The lowest BCUT2D eigenvalue weighted by Crippen LogP contribution is -2.49. The average Bonchev–Trinajstić information content (AvgIpc) is 2.96. The molecule has 0 aromatic heterocycles. The summed E-state index contributed by atoms with van der Waals surface area (Å²) in [5, 5.41) is 12.7. The largest absolute Gasteiger partial charge is 0.466 e. The Hall–Kier alpha value is -3.77. The highest BCUT2D eigenvalue weighted by atomic mass is 19.2. The number of halogens is 2. The maximum atomic E-state index is 14.2. The van der Waals surface area contributed by atoms with E-state index in [1.54, 1.807) is 6.92 Å². The third kappa shape index (κ3) is 6.18. The lowest BCUT2D eigenvalue weighted by molar-refractivity contribution is -0.137. The van der Waals surface area contributed by atoms with Crippen LogP contribution in [0.2, 0.25) is 0 Å². The molecule has 1 saturated heterocycles. The van der Waals surface area contributed by atoms with E-state index in [0.29, 0.717) is 30.1 Å². The molecule has 0 aliphatic carbocycles. The number of ether oxygens (including phenoxy) is 1. The number of amides is 2. The van der Waals surface area contributed by atoms with Gasteiger partial charge in [-0.1, -0.05) is 43.3 Å². The van der Waals surface area contributed by atoms with Crippen LogP contribution in [0.1, 0.15) is 56.7 Å². The Morgan fingerprint density at radius 2 is 1.88 bits per heavy atom. The van der Waals surface area contributed by atoms with Gasteiger partial charge in [0.2, 0.25) is 0 Å². The standard InChI is InChI=1S/C31H36F2N4O3/c1-21(19-36-16-13-31(20-34,14-17-36)24-9-5-4-6-10-24)8-7-15-37-28(23-11-12-25(32)26(33)18-23)27(29(38)40-3)22(2)35-30(37)39/h4-6,9-12,18,21,28H,7-8,13-17,19H2,1-3H3,(H,35,39). The minimum atomic E-state index is -1.05. The smallest absolute Gasteiger partial charge is 0.337 e. The minimum Gasteiger partial charge on any atom is -0.466 e. The summed E-state index contributed by atoms with van der Waals surface area (Å²) in [6.45, 7) is 6.63. The molecule has 2 aromatic carbocycles. The molecule has 212 valence electrons. The van der Waals surface area contributed by atoms with Gasteiger partial charge < -0.3 is 19.9 Å². The van der Waals surface area contributed by atoms with Crippen molar-refractivity contribution in [1.82, 2.24) is 15.1 Å². The van der Waals surface area contributed by atoms with Crippen LogP contribution in [0, 0.1) is 28.9 Å². The van der Waals surface area contributed by atoms with Gasteiger partial charge in [-0.05, 0) is 74.9 Å². The molecule has 0 saturated carbocycles. The van der Waals surface area contributed by atoms with Crippen molar-refractivity contribution in [2.24, 2.45) is 5.92 Å². The van der Waals surface area contributed by atoms with Gasteiger partial charge in [0.1, 0.15) is 0 Å². The normalized spacial score (nSPS) is 20.1. The highest BCUT2D eigenvalue weighted by Crippen LogP contribution is 2.36. The second kappa shape index (κ2) is 12.6. The van der Waals surface area contributed by atoms with E-state index in [0.717, 1.165) is 56.6 Å². The third-order valence-corrected chi connectivity index (χ3v) is 8.12. The molecule has 2 atom stereocenters. The van der Waals surface area contributed by atoms with Gasteiger partial charge in [-0.3, -0.25) is 0 Å². The van der Waals surface area contributed by atoms with Crippen molar-refractivity contribution in [3.63, 3.8) is 0 Å². The van der Waals surface area contributed by atoms with E-state index in [2.05, 4.69) is 23.2 Å². The van der Waals surface area contributed by atoms with Gasteiger partial charge >= 0.3 is 12.0 Å². The summed E-state index contributed by atoms with van der Waals surface area (Å²) in [4.78, 5) is 29.6. The fourth-order valence-electron chi connectivity index (χ4n) is 5.89. The number of hydrogen-bond donors (Lipinski definition) is 1. The predicted octanol–water partition coefficient (Wildman–Crippen LogP) is 5.45. The first-order chi connectivity index (χ1) is 19.2. The fraction of sp³-hybridized carbons (Fsp3) is 0.452. The molecular weight excluding hydrogens is 514 g/mol. The van der Waals surface area contributed by atoms with Gasteiger partial charge in [0, 0.05) is 18.8 Å². The molecule has 2 aliphatic heterocycles. The number of urea groups is 1. The quantitative estimate of drug-likeness (QED) is 0.420. The molecule has 1 N–H and O–H groups in total. The number of esters is 1. The third-order valence-electron chi connectivity index (χ3n) is 8.12. The number of nitrogens with one attached hydrogen (secondary N) is 1. The number of rotatable bonds is 9. The monoisotopic (exact) mass is 550 g/mol. The van der Waals surface area contributed by atoms with Crippen molar-refractivity contribution in [2.45, 2.75) is 51.0 Å². The molecule has 2 unspecified atom stereocenters. The van der Waals surface area contributed by atoms with Crippen LogP contribution in [0.15, 0.2) is 59.8 Å². The van der Waals surface area contributed by atoms with Crippen LogP contribution in [0.3, 0.4) is 0 Å². The molecule has 2 aliphatic rings. The van der Waals surface area contributed by atoms with Gasteiger partial charge in [-0.25, -0.2) is 18.4 Å². The predicted molar refractivity (Wildman–Crippen MR) is 147 cm³/mol. The van der Waals surface area contributed by atoms with E-state index in [4.69, 9.17) is 4.74 Å². The second-order valence-electron chi connectivity index (χ2n) is 10.8. The molecule has 2 aromatic rings. The van der Waals surface area contributed by atoms with E-state index < -0.39 is 35.1 Å². The summed E-state index contributed by atoms with van der Waals surface area (Å²) in [6, 6.07) is 14.7. The summed E-state index contributed by atoms with van der Waals surface area (Å²) in [5.74, 6) is -2.36. The molecule has 40 heavy (non-hydrogen) atoms. The highest BCUT2D eigenvalue weighted by molar-refractivity contribution is 5.95. The zero-order chi connectivity index (χ0) is 28.9. The lowest BCUT2D eigenvalue weighted by atomic mass is 9.74. The first kappa shape index (κ1) is 29.2. The summed E-state index contributed by atoms with van der Waals surface area (Å²) < 4.78 is 32.8. The lowest BCUT2D eigenvalue weighted by Gasteiger charge is -2.39. The summed E-state index contributed by atoms with van der Waals surface area (Å²) in [7, 11) is 1.24. The molecule has 0 bridgehead atoms. The number of nitriles is 1. The van der Waals surface area contributed by atoms with Crippen molar-refractivity contribution < 1.29 is 23.1 Å². The molecule has 2 amide bonds. The van der Waals surface area contributed by atoms with Gasteiger partial charge in [0.25, 0.3) is 0 Å². The van der Waals surface area contributed by atoms with Gasteiger partial charge in [-0.2, -0.15) is 5.26 Å². The first-order valence-electron chi connectivity index (χ1n) is 13.7. The van der Waals surface area contributed by atoms with Gasteiger partial charge in [0.15, 0.2) is 11.6 Å². The Morgan fingerprint density at radius 1 is 1.18 bits per heavy atom. The second-order valence-corrected chi connectivity index (χ2v) is 10.8. The van der Waals surface area contributed by atoms with Crippen molar-refractivity contribution >= 4 is 12.0 Å². The van der Waals surface area contributed by atoms with Crippen molar-refractivity contribution in [2.75, 3.05) is 33.3 Å². The van der Waals surface area contributed by atoms with Crippen molar-refractivity contribution in [3.05, 3.63) is 82.6 Å². The number of carbonyl (C=O) groups is 2. The first-order valence-corrected chi connectivity index (χ1v) is 13.7. The minimum absolute atomic E-state index is 0.189. The number of allylic oxidation sites excluding steroid dienone is 1. The number of benzene rings is 2. The van der Waals surface area contributed by atoms with Gasteiger partial charge in [-0.15, -0.1) is 0 Å². The molecule has 7 nitrogen and oxygen atoms in total. The number of likely N-dealkylation sites (tertiary alicyclic amines) is 1. The van der Waals surface area contributed by atoms with E-state index >= 15 is 0 Å². The number of nitrogens with zero attached hydrogens (tertiary/aromatic N) is 3. The zero-order valence-corrected chi connectivity index (χ0v) is 23.3. The molecule has 0 radical (unpaired) electrons. The summed E-state index contributed by atoms with van der Waals surface area (Å²) in [6.07, 6.45) is 3.05. The maximum Gasteiger partial charge on any atom is 0.337 e. The molecule has 9 heteroatoms.